The van der Waals surface area contributed by atoms with Gasteiger partial charge < -0.3 is 15.3 Å². The van der Waals surface area contributed by atoms with Crippen LogP contribution in [0.1, 0.15) is 68.8 Å². The number of likely N-dealkylation sites (tertiary alicyclic amines) is 1. The number of hydrogen-bond acceptors (Lipinski definition) is 3. The van der Waals surface area contributed by atoms with Crippen molar-refractivity contribution in [3.8, 4) is 0 Å². The Morgan fingerprint density at radius 2 is 2.08 bits per heavy atom. The van der Waals surface area contributed by atoms with E-state index >= 15 is 0 Å². The predicted molar refractivity (Wildman–Crippen MR) is 103 cm³/mol. The predicted octanol–water partition coefficient (Wildman–Crippen LogP) is 2.91. The number of aliphatic hydroxyl groups is 1. The third-order valence-corrected chi connectivity index (χ3v) is 4.94. The maximum atomic E-state index is 13.0. The second-order valence-electron chi connectivity index (χ2n) is 7.93. The van der Waals surface area contributed by atoms with Crippen molar-refractivity contribution in [2.45, 2.75) is 70.9 Å². The summed E-state index contributed by atoms with van der Waals surface area (Å²) in [7, 11) is 0. The fourth-order valence-corrected chi connectivity index (χ4v) is 3.46. The van der Waals surface area contributed by atoms with E-state index in [0.29, 0.717) is 18.5 Å². The Morgan fingerprint density at radius 1 is 1.31 bits per heavy atom. The summed E-state index contributed by atoms with van der Waals surface area (Å²) in [5.74, 6) is 0.0424. The number of benzene rings is 1. The summed E-state index contributed by atoms with van der Waals surface area (Å²) in [6.45, 7) is 6.50. The molecule has 1 atom stereocenters. The molecule has 1 fully saturated rings. The van der Waals surface area contributed by atoms with Crippen LogP contribution in [-0.2, 0) is 11.2 Å². The first-order valence-corrected chi connectivity index (χ1v) is 9.63. The standard InChI is InChI=1S/C21H32N2O3/c1-16(24)22-13-11-19-9-4-5-14-23(19)20(25)18-8-6-7-17(15-18)10-12-21(2,3)26/h6-8,15,19,26H,4-5,9-14H2,1-3H3,(H,22,24). The van der Waals surface area contributed by atoms with E-state index in [0.717, 1.165) is 44.2 Å². The van der Waals surface area contributed by atoms with Crippen molar-refractivity contribution in [3.05, 3.63) is 35.4 Å². The third-order valence-electron chi connectivity index (χ3n) is 4.94. The van der Waals surface area contributed by atoms with Gasteiger partial charge >= 0.3 is 0 Å². The van der Waals surface area contributed by atoms with Crippen LogP contribution in [0.2, 0.25) is 0 Å². The lowest BCUT2D eigenvalue weighted by atomic mass is 9.96. The molecule has 144 valence electrons. The molecule has 0 saturated carbocycles. The van der Waals surface area contributed by atoms with Gasteiger partial charge in [0, 0.05) is 31.6 Å². The first kappa shape index (κ1) is 20.4. The minimum Gasteiger partial charge on any atom is -0.390 e. The maximum absolute atomic E-state index is 13.0. The van der Waals surface area contributed by atoms with Crippen LogP contribution in [0.3, 0.4) is 0 Å². The van der Waals surface area contributed by atoms with Gasteiger partial charge in [0.05, 0.1) is 5.60 Å². The molecule has 1 aromatic carbocycles. The van der Waals surface area contributed by atoms with Gasteiger partial charge in [0.15, 0.2) is 0 Å². The number of hydrogen-bond donors (Lipinski definition) is 2. The van der Waals surface area contributed by atoms with Crippen LogP contribution in [0.5, 0.6) is 0 Å². The Kier molecular flexibility index (Phi) is 7.21. The Labute approximate surface area is 156 Å². The van der Waals surface area contributed by atoms with E-state index in [2.05, 4.69) is 5.32 Å². The zero-order valence-corrected chi connectivity index (χ0v) is 16.3. The Balaban J connectivity index is 2.04. The first-order chi connectivity index (χ1) is 12.3. The number of nitrogens with zero attached hydrogens (tertiary/aromatic N) is 1. The summed E-state index contributed by atoms with van der Waals surface area (Å²) in [6.07, 6.45) is 5.35. The third kappa shape index (κ3) is 6.45. The highest BCUT2D eigenvalue weighted by Gasteiger charge is 2.27. The van der Waals surface area contributed by atoms with Gasteiger partial charge in [-0.2, -0.15) is 0 Å². The van der Waals surface area contributed by atoms with E-state index in [1.54, 1.807) is 13.8 Å². The fraction of sp³-hybridized carbons (Fsp3) is 0.619. The summed E-state index contributed by atoms with van der Waals surface area (Å²) in [5.41, 5.74) is 1.08. The van der Waals surface area contributed by atoms with E-state index < -0.39 is 5.60 Å². The van der Waals surface area contributed by atoms with Gasteiger partial charge in [0.25, 0.3) is 5.91 Å². The van der Waals surface area contributed by atoms with Gasteiger partial charge in [-0.3, -0.25) is 9.59 Å². The van der Waals surface area contributed by atoms with Crippen molar-refractivity contribution in [3.63, 3.8) is 0 Å². The highest BCUT2D eigenvalue weighted by atomic mass is 16.3. The van der Waals surface area contributed by atoms with Crippen LogP contribution in [0, 0.1) is 0 Å². The van der Waals surface area contributed by atoms with Gasteiger partial charge in [-0.1, -0.05) is 12.1 Å². The fourth-order valence-electron chi connectivity index (χ4n) is 3.46. The quantitative estimate of drug-likeness (QED) is 0.785. The summed E-state index contributed by atoms with van der Waals surface area (Å²) in [5, 5.41) is 12.7. The molecule has 1 heterocycles. The number of carbonyl (C=O) groups excluding carboxylic acids is 2. The summed E-state index contributed by atoms with van der Waals surface area (Å²) in [4.78, 5) is 26.1. The normalized spacial score (nSPS) is 17.8. The topological polar surface area (TPSA) is 69.6 Å². The largest absolute Gasteiger partial charge is 0.390 e. The van der Waals surface area contributed by atoms with Gasteiger partial charge in [0.1, 0.15) is 0 Å². The maximum Gasteiger partial charge on any atom is 0.254 e. The summed E-state index contributed by atoms with van der Waals surface area (Å²) < 4.78 is 0. The number of amides is 2. The second-order valence-corrected chi connectivity index (χ2v) is 7.93. The van der Waals surface area contributed by atoms with Crippen LogP contribution in [0.25, 0.3) is 0 Å². The Bertz CT molecular complexity index is 622. The van der Waals surface area contributed by atoms with Gasteiger partial charge in [0.2, 0.25) is 5.91 Å². The molecule has 5 heteroatoms. The number of aryl methyl sites for hydroxylation is 1. The van der Waals surface area contributed by atoms with Crippen LogP contribution >= 0.6 is 0 Å². The van der Waals surface area contributed by atoms with Crippen LogP contribution < -0.4 is 5.32 Å². The molecule has 1 saturated heterocycles. The molecule has 2 amide bonds. The minimum absolute atomic E-state index is 0.0294. The molecular weight excluding hydrogens is 328 g/mol. The van der Waals surface area contributed by atoms with E-state index in [4.69, 9.17) is 0 Å². The Hall–Kier alpha value is -1.88. The van der Waals surface area contributed by atoms with Gasteiger partial charge in [-0.15, -0.1) is 0 Å². The smallest absolute Gasteiger partial charge is 0.254 e. The molecule has 0 bridgehead atoms. The monoisotopic (exact) mass is 360 g/mol. The molecule has 0 aromatic heterocycles. The lowest BCUT2D eigenvalue weighted by Crippen LogP contribution is -2.45. The molecule has 1 aliphatic rings. The van der Waals surface area contributed by atoms with Gasteiger partial charge in [-0.25, -0.2) is 0 Å². The van der Waals surface area contributed by atoms with Crippen LogP contribution in [0.15, 0.2) is 24.3 Å². The first-order valence-electron chi connectivity index (χ1n) is 9.63. The van der Waals surface area contributed by atoms with E-state index in [1.807, 2.05) is 29.2 Å². The zero-order chi connectivity index (χ0) is 19.2. The number of carbonyl (C=O) groups is 2. The molecular formula is C21H32N2O3. The van der Waals surface area contributed by atoms with Crippen molar-refractivity contribution in [1.29, 1.82) is 0 Å². The lowest BCUT2D eigenvalue weighted by molar-refractivity contribution is -0.119. The lowest BCUT2D eigenvalue weighted by Gasteiger charge is -2.36. The molecule has 0 radical (unpaired) electrons. The molecule has 1 aliphatic heterocycles. The molecule has 1 aromatic rings. The van der Waals surface area contributed by atoms with Crippen LogP contribution in [0.4, 0.5) is 0 Å². The van der Waals surface area contributed by atoms with Crippen molar-refractivity contribution >= 4 is 11.8 Å². The molecule has 0 aliphatic carbocycles. The molecule has 1 unspecified atom stereocenters. The second kappa shape index (κ2) is 9.17. The average molecular weight is 360 g/mol. The van der Waals surface area contributed by atoms with E-state index in [1.165, 1.54) is 6.92 Å². The van der Waals surface area contributed by atoms with Crippen molar-refractivity contribution in [2.24, 2.45) is 0 Å². The van der Waals surface area contributed by atoms with Crippen molar-refractivity contribution in [1.82, 2.24) is 10.2 Å². The van der Waals surface area contributed by atoms with E-state index in [-0.39, 0.29) is 17.9 Å². The van der Waals surface area contributed by atoms with E-state index in [9.17, 15) is 14.7 Å². The SMILES string of the molecule is CC(=O)NCCC1CCCCN1C(=O)c1cccc(CCC(C)(C)O)c1. The minimum atomic E-state index is -0.707. The average Bonchev–Trinajstić information content (AvgIpc) is 2.59. The van der Waals surface area contributed by atoms with Gasteiger partial charge in [-0.05, 0) is 70.1 Å². The molecule has 5 nitrogen and oxygen atoms in total. The molecule has 2 rings (SSSR count). The molecule has 26 heavy (non-hydrogen) atoms. The highest BCUT2D eigenvalue weighted by molar-refractivity contribution is 5.94. The number of nitrogens with one attached hydrogen (secondary N) is 1. The zero-order valence-electron chi connectivity index (χ0n) is 16.3. The summed E-state index contributed by atoms with van der Waals surface area (Å²) >= 11 is 0. The molecule has 2 N–H and O–H groups in total. The number of piperidine rings is 1. The molecule has 0 spiro atoms. The number of rotatable bonds is 7. The Morgan fingerprint density at radius 3 is 2.77 bits per heavy atom. The van der Waals surface area contributed by atoms with Crippen molar-refractivity contribution in [2.75, 3.05) is 13.1 Å². The summed E-state index contributed by atoms with van der Waals surface area (Å²) in [6, 6.07) is 7.93. The van der Waals surface area contributed by atoms with Crippen LogP contribution in [-0.4, -0.2) is 46.6 Å². The highest BCUT2D eigenvalue weighted by Crippen LogP contribution is 2.23. The van der Waals surface area contributed by atoms with Crippen molar-refractivity contribution < 1.29 is 14.7 Å².